The van der Waals surface area contributed by atoms with Crippen LogP contribution in [0, 0.1) is 10.1 Å². The van der Waals surface area contributed by atoms with Crippen LogP contribution in [0.1, 0.15) is 31.2 Å². The van der Waals surface area contributed by atoms with Gasteiger partial charge in [0.15, 0.2) is 4.80 Å². The first kappa shape index (κ1) is 29.0. The third-order valence-corrected chi connectivity index (χ3v) is 8.18. The van der Waals surface area contributed by atoms with Crippen LogP contribution >= 0.6 is 27.3 Å². The number of aromatic nitrogens is 1. The van der Waals surface area contributed by atoms with Crippen LogP contribution in [0.4, 0.5) is 5.69 Å². The van der Waals surface area contributed by atoms with Gasteiger partial charge in [-0.25, -0.2) is 9.79 Å². The first-order chi connectivity index (χ1) is 20.2. The maximum Gasteiger partial charge on any atom is 0.338 e. The Morgan fingerprint density at radius 1 is 1.19 bits per heavy atom. The summed E-state index contributed by atoms with van der Waals surface area (Å²) in [6.45, 7) is 3.57. The molecule has 0 saturated heterocycles. The molecule has 0 amide bonds. The fourth-order valence-electron chi connectivity index (χ4n) is 4.66. The molecule has 11 nitrogen and oxygen atoms in total. The molecule has 0 fully saturated rings. The number of halogens is 1. The van der Waals surface area contributed by atoms with E-state index < -0.39 is 22.5 Å². The first-order valence-electron chi connectivity index (χ1n) is 12.6. The lowest BCUT2D eigenvalue weighted by atomic mass is 9.96. The molecule has 1 aliphatic heterocycles. The van der Waals surface area contributed by atoms with Crippen LogP contribution in [-0.2, 0) is 9.53 Å². The number of furan rings is 1. The zero-order valence-corrected chi connectivity index (χ0v) is 25.3. The fraction of sp³-hybridized carbons (Fsp3) is 0.207. The Morgan fingerprint density at radius 3 is 2.64 bits per heavy atom. The van der Waals surface area contributed by atoms with Gasteiger partial charge in [-0.05, 0) is 71.7 Å². The number of ether oxygens (including phenoxy) is 3. The highest BCUT2D eigenvalue weighted by Crippen LogP contribution is 2.36. The molecular weight excluding hydrogens is 630 g/mol. The molecule has 2 aromatic carbocycles. The maximum absolute atomic E-state index is 13.9. The fourth-order valence-corrected chi connectivity index (χ4v) is 6.25. The van der Waals surface area contributed by atoms with Crippen LogP contribution in [0.15, 0.2) is 78.5 Å². The molecule has 1 atom stereocenters. The van der Waals surface area contributed by atoms with Gasteiger partial charge in [-0.3, -0.25) is 19.5 Å². The third kappa shape index (κ3) is 5.28. The molecular formula is C29H24BrN3O8S. The van der Waals surface area contributed by atoms with E-state index in [0.29, 0.717) is 42.3 Å². The molecule has 0 spiro atoms. The number of rotatable bonds is 8. The number of hydrogen-bond acceptors (Lipinski definition) is 10. The molecule has 13 heteroatoms. The molecule has 5 rings (SSSR count). The minimum Gasteiger partial charge on any atom is -0.497 e. The molecule has 1 unspecified atom stereocenters. The molecule has 0 radical (unpaired) electrons. The molecule has 4 aromatic rings. The monoisotopic (exact) mass is 653 g/mol. The van der Waals surface area contributed by atoms with Gasteiger partial charge >= 0.3 is 5.97 Å². The van der Waals surface area contributed by atoms with Crippen LogP contribution in [0.5, 0.6) is 11.5 Å². The number of methoxy groups -OCH3 is 2. The van der Waals surface area contributed by atoms with E-state index in [0.717, 1.165) is 11.3 Å². The number of allylic oxidation sites excluding steroid dienone is 1. The van der Waals surface area contributed by atoms with Crippen molar-refractivity contribution in [2.45, 2.75) is 19.9 Å². The summed E-state index contributed by atoms with van der Waals surface area (Å²) in [4.78, 5) is 43.1. The van der Waals surface area contributed by atoms with Gasteiger partial charge in [-0.2, -0.15) is 0 Å². The van der Waals surface area contributed by atoms with Crippen molar-refractivity contribution in [3.8, 4) is 22.8 Å². The van der Waals surface area contributed by atoms with Gasteiger partial charge in [0.25, 0.3) is 11.2 Å². The topological polar surface area (TPSA) is 135 Å². The second-order valence-electron chi connectivity index (χ2n) is 9.04. The summed E-state index contributed by atoms with van der Waals surface area (Å²) >= 11 is 4.63. The molecule has 1 aliphatic rings. The highest BCUT2D eigenvalue weighted by Gasteiger charge is 2.33. The van der Waals surface area contributed by atoms with Gasteiger partial charge in [0.1, 0.15) is 23.0 Å². The number of carbonyl (C=O) groups is 1. The number of fused-ring (bicyclic) bond motifs is 1. The van der Waals surface area contributed by atoms with Crippen LogP contribution in [0.2, 0.25) is 0 Å². The summed E-state index contributed by atoms with van der Waals surface area (Å²) in [7, 11) is 2.97. The normalized spacial score (nSPS) is 14.8. The number of carbonyl (C=O) groups excluding carboxylic acids is 1. The van der Waals surface area contributed by atoms with Crippen molar-refractivity contribution in [2.75, 3.05) is 20.8 Å². The Hall–Kier alpha value is -4.49. The van der Waals surface area contributed by atoms with Crippen molar-refractivity contribution in [3.05, 3.63) is 105 Å². The molecule has 0 N–H and O–H groups in total. The van der Waals surface area contributed by atoms with Gasteiger partial charge in [0, 0.05) is 6.08 Å². The van der Waals surface area contributed by atoms with Gasteiger partial charge in [0.05, 0.1) is 63.7 Å². The largest absolute Gasteiger partial charge is 0.497 e. The lowest BCUT2D eigenvalue weighted by molar-refractivity contribution is -0.384. The minimum atomic E-state index is -0.807. The van der Waals surface area contributed by atoms with Gasteiger partial charge in [0.2, 0.25) is 0 Å². The van der Waals surface area contributed by atoms with Crippen LogP contribution in [0.3, 0.4) is 0 Å². The van der Waals surface area contributed by atoms with Gasteiger partial charge in [-0.1, -0.05) is 17.4 Å². The number of benzene rings is 2. The van der Waals surface area contributed by atoms with E-state index in [1.807, 2.05) is 0 Å². The van der Waals surface area contributed by atoms with Gasteiger partial charge < -0.3 is 18.6 Å². The smallest absolute Gasteiger partial charge is 0.338 e. The van der Waals surface area contributed by atoms with E-state index in [1.165, 1.54) is 17.7 Å². The summed E-state index contributed by atoms with van der Waals surface area (Å²) in [6, 6.07) is 12.2. The van der Waals surface area contributed by atoms with Crippen molar-refractivity contribution >= 4 is 45.0 Å². The third-order valence-electron chi connectivity index (χ3n) is 6.58. The Bertz CT molecular complexity index is 1940. The number of esters is 1. The Kier molecular flexibility index (Phi) is 8.14. The molecule has 216 valence electrons. The first-order valence-corrected chi connectivity index (χ1v) is 14.2. The second kappa shape index (κ2) is 11.8. The summed E-state index contributed by atoms with van der Waals surface area (Å²) in [5.74, 6) is 0.932. The lowest BCUT2D eigenvalue weighted by Crippen LogP contribution is -2.39. The summed E-state index contributed by atoms with van der Waals surface area (Å²) in [6.07, 6.45) is 1.55. The Balaban J connectivity index is 1.63. The standard InChI is InChI=1S/C29H24BrN3O8S/c1-5-40-28(35)25-15(2)31-29-32(26(25)16-6-10-23(39-4)20(30)12-16)27(34)24(42-29)14-18-8-11-22(41-18)19-9-7-17(38-3)13-21(19)33(36)37/h6-14,26H,5H2,1-4H3/b24-14-. The van der Waals surface area contributed by atoms with Crippen LogP contribution < -0.4 is 24.4 Å². The van der Waals surface area contributed by atoms with E-state index in [4.69, 9.17) is 18.6 Å². The van der Waals surface area contributed by atoms with Crippen LogP contribution in [-0.4, -0.2) is 36.3 Å². The number of nitrogens with zero attached hydrogens (tertiary/aromatic N) is 3. The van der Waals surface area contributed by atoms with Crippen molar-refractivity contribution < 1.29 is 28.3 Å². The summed E-state index contributed by atoms with van der Waals surface area (Å²) in [5.41, 5.74) is 1.03. The highest BCUT2D eigenvalue weighted by molar-refractivity contribution is 9.10. The number of nitro benzene ring substituents is 1. The molecule has 3 heterocycles. The predicted octanol–water partition coefficient (Wildman–Crippen LogP) is 4.75. The average Bonchev–Trinajstić information content (AvgIpc) is 3.55. The summed E-state index contributed by atoms with van der Waals surface area (Å²) < 4.78 is 24.1. The predicted molar refractivity (Wildman–Crippen MR) is 158 cm³/mol. The minimum absolute atomic E-state index is 0.159. The van der Waals surface area contributed by atoms with E-state index in [1.54, 1.807) is 69.5 Å². The van der Waals surface area contributed by atoms with Crippen molar-refractivity contribution in [1.82, 2.24) is 4.57 Å². The van der Waals surface area contributed by atoms with E-state index in [2.05, 4.69) is 20.9 Å². The Morgan fingerprint density at radius 2 is 1.98 bits per heavy atom. The van der Waals surface area contributed by atoms with Crippen molar-refractivity contribution in [3.63, 3.8) is 0 Å². The van der Waals surface area contributed by atoms with Crippen molar-refractivity contribution in [1.29, 1.82) is 0 Å². The molecule has 42 heavy (non-hydrogen) atoms. The second-order valence-corrected chi connectivity index (χ2v) is 10.9. The van der Waals surface area contributed by atoms with E-state index in [9.17, 15) is 19.7 Å². The van der Waals surface area contributed by atoms with Crippen LogP contribution in [0.25, 0.3) is 17.4 Å². The summed E-state index contributed by atoms with van der Waals surface area (Å²) in [5, 5.41) is 11.7. The molecule has 0 bridgehead atoms. The number of thiazole rings is 1. The lowest BCUT2D eigenvalue weighted by Gasteiger charge is -2.25. The zero-order valence-electron chi connectivity index (χ0n) is 22.9. The highest BCUT2D eigenvalue weighted by atomic mass is 79.9. The SMILES string of the molecule is CCOC(=O)C1=C(C)N=c2s/c(=C\c3ccc(-c4ccc(OC)cc4[N+](=O)[O-])o3)c(=O)n2C1c1ccc(OC)c(Br)c1. The molecule has 2 aromatic heterocycles. The maximum atomic E-state index is 13.9. The van der Waals surface area contributed by atoms with E-state index >= 15 is 0 Å². The van der Waals surface area contributed by atoms with Gasteiger partial charge in [-0.15, -0.1) is 0 Å². The molecule has 0 saturated carbocycles. The quantitative estimate of drug-likeness (QED) is 0.151. The zero-order chi connectivity index (χ0) is 30.1. The molecule has 0 aliphatic carbocycles. The number of hydrogen-bond donors (Lipinski definition) is 0. The van der Waals surface area contributed by atoms with E-state index in [-0.39, 0.29) is 29.2 Å². The number of nitro groups is 1. The Labute approximate surface area is 251 Å². The van der Waals surface area contributed by atoms with Crippen molar-refractivity contribution in [2.24, 2.45) is 4.99 Å². The average molecular weight is 654 g/mol.